The number of hydrogen-bond donors (Lipinski definition) is 2. The van der Waals surface area contributed by atoms with E-state index in [-0.39, 0.29) is 6.04 Å². The third kappa shape index (κ3) is 3.14. The van der Waals surface area contributed by atoms with E-state index in [9.17, 15) is 9.59 Å². The number of rotatable bonds is 4. The SMILES string of the molecule is CC1(C(N)=O)CC(c2cccc(N3CCCC3)c2)Nc2c([C]=O)cc(Cl)cc21. The Morgan fingerprint density at radius 2 is 2.04 bits per heavy atom. The third-order valence-corrected chi connectivity index (χ3v) is 6.24. The molecule has 0 bridgehead atoms. The van der Waals surface area contributed by atoms with Gasteiger partial charge in [-0.2, -0.15) is 0 Å². The maximum atomic E-state index is 12.4. The van der Waals surface area contributed by atoms with Crippen LogP contribution in [0, 0.1) is 0 Å². The highest BCUT2D eigenvalue weighted by Crippen LogP contribution is 2.46. The van der Waals surface area contributed by atoms with Gasteiger partial charge in [0.2, 0.25) is 12.2 Å². The smallest absolute Gasteiger partial charge is 0.235 e. The van der Waals surface area contributed by atoms with Crippen molar-refractivity contribution < 1.29 is 9.59 Å². The van der Waals surface area contributed by atoms with Crippen molar-refractivity contribution in [1.29, 1.82) is 0 Å². The molecule has 28 heavy (non-hydrogen) atoms. The lowest BCUT2D eigenvalue weighted by atomic mass is 9.71. The molecule has 1 amide bonds. The maximum Gasteiger partial charge on any atom is 0.235 e. The van der Waals surface area contributed by atoms with Gasteiger partial charge in [0.25, 0.3) is 0 Å². The molecule has 2 aromatic rings. The first-order valence-electron chi connectivity index (χ1n) is 9.56. The number of benzene rings is 2. The van der Waals surface area contributed by atoms with Crippen molar-refractivity contribution in [3.63, 3.8) is 0 Å². The molecule has 2 unspecified atom stereocenters. The third-order valence-electron chi connectivity index (χ3n) is 6.03. The predicted molar refractivity (Wildman–Crippen MR) is 112 cm³/mol. The molecule has 1 radical (unpaired) electrons. The first-order valence-corrected chi connectivity index (χ1v) is 9.94. The number of carbonyl (C=O) groups is 1. The topological polar surface area (TPSA) is 75.4 Å². The van der Waals surface area contributed by atoms with Crippen molar-refractivity contribution >= 4 is 35.2 Å². The molecule has 6 heteroatoms. The van der Waals surface area contributed by atoms with E-state index in [1.165, 1.54) is 18.5 Å². The van der Waals surface area contributed by atoms with Crippen molar-refractivity contribution in [3.05, 3.63) is 58.1 Å². The summed E-state index contributed by atoms with van der Waals surface area (Å²) < 4.78 is 0. The molecule has 0 aliphatic carbocycles. The Labute approximate surface area is 169 Å². The summed E-state index contributed by atoms with van der Waals surface area (Å²) in [5.41, 5.74) is 8.67. The minimum absolute atomic E-state index is 0.152. The van der Waals surface area contributed by atoms with Crippen LogP contribution in [0.15, 0.2) is 36.4 Å². The second-order valence-corrected chi connectivity index (χ2v) is 8.30. The average Bonchev–Trinajstić information content (AvgIpc) is 3.22. The Bertz CT molecular complexity index is 939. The maximum absolute atomic E-state index is 12.4. The summed E-state index contributed by atoms with van der Waals surface area (Å²) in [6, 6.07) is 11.5. The number of nitrogens with zero attached hydrogens (tertiary/aromatic N) is 1. The molecule has 0 saturated carbocycles. The van der Waals surface area contributed by atoms with Gasteiger partial charge in [0.15, 0.2) is 0 Å². The Hall–Kier alpha value is -2.53. The number of anilines is 2. The van der Waals surface area contributed by atoms with Crippen LogP contribution in [0.25, 0.3) is 0 Å². The van der Waals surface area contributed by atoms with E-state index in [1.807, 2.05) is 25.3 Å². The minimum Gasteiger partial charge on any atom is -0.377 e. The van der Waals surface area contributed by atoms with Crippen LogP contribution < -0.4 is 16.0 Å². The van der Waals surface area contributed by atoms with Crippen LogP contribution in [0.1, 0.15) is 48.9 Å². The summed E-state index contributed by atoms with van der Waals surface area (Å²) in [6.45, 7) is 3.94. The zero-order valence-corrected chi connectivity index (χ0v) is 16.6. The minimum atomic E-state index is -0.939. The molecule has 0 aromatic heterocycles. The normalized spacial score (nSPS) is 23.8. The van der Waals surface area contributed by atoms with Crippen LogP contribution in [0.3, 0.4) is 0 Å². The second kappa shape index (κ2) is 7.13. The van der Waals surface area contributed by atoms with Crippen molar-refractivity contribution in [3.8, 4) is 0 Å². The van der Waals surface area contributed by atoms with E-state index >= 15 is 0 Å². The number of nitrogens with one attached hydrogen (secondary N) is 1. The molecule has 145 valence electrons. The lowest BCUT2D eigenvalue weighted by molar-refractivity contribution is -0.123. The highest BCUT2D eigenvalue weighted by atomic mass is 35.5. The van der Waals surface area contributed by atoms with Gasteiger partial charge in [-0.3, -0.25) is 9.59 Å². The van der Waals surface area contributed by atoms with Gasteiger partial charge in [0, 0.05) is 23.8 Å². The highest BCUT2D eigenvalue weighted by Gasteiger charge is 2.43. The van der Waals surface area contributed by atoms with E-state index in [4.69, 9.17) is 17.3 Å². The van der Waals surface area contributed by atoms with Gasteiger partial charge in [-0.15, -0.1) is 0 Å². The molecular formula is C22H23ClN3O2. The molecule has 5 nitrogen and oxygen atoms in total. The standard InChI is InChI=1S/C22H23ClN3O2/c1-22(21(24)28)12-19(25-20-15(13-27)9-16(23)11-18(20)22)14-5-4-6-17(10-14)26-7-2-3-8-26/h4-6,9-11,19,25H,2-3,7-8,12H2,1H3,(H2,24,28). The largest absolute Gasteiger partial charge is 0.377 e. The fourth-order valence-corrected chi connectivity index (χ4v) is 4.59. The fourth-order valence-electron chi connectivity index (χ4n) is 4.37. The highest BCUT2D eigenvalue weighted by molar-refractivity contribution is 6.31. The molecule has 0 spiro atoms. The first kappa shape index (κ1) is 18.8. The monoisotopic (exact) mass is 396 g/mol. The molecule has 4 rings (SSSR count). The first-order chi connectivity index (χ1) is 13.4. The number of hydrogen-bond acceptors (Lipinski definition) is 4. The van der Waals surface area contributed by atoms with Crippen molar-refractivity contribution in [1.82, 2.24) is 0 Å². The number of nitrogens with two attached hydrogens (primary N) is 1. The van der Waals surface area contributed by atoms with Crippen LogP contribution in [0.4, 0.5) is 11.4 Å². The lowest BCUT2D eigenvalue weighted by Gasteiger charge is -2.40. The summed E-state index contributed by atoms with van der Waals surface area (Å²) in [6.07, 6.45) is 4.84. The Balaban J connectivity index is 1.78. The van der Waals surface area contributed by atoms with Gasteiger partial charge >= 0.3 is 0 Å². The molecule has 2 aliphatic heterocycles. The van der Waals surface area contributed by atoms with Gasteiger partial charge in [-0.05, 0) is 61.6 Å². The zero-order chi connectivity index (χ0) is 19.9. The number of fused-ring (bicyclic) bond motifs is 1. The van der Waals surface area contributed by atoms with E-state index < -0.39 is 11.3 Å². The van der Waals surface area contributed by atoms with Crippen LogP contribution in [0.2, 0.25) is 5.02 Å². The van der Waals surface area contributed by atoms with Crippen LogP contribution in [-0.4, -0.2) is 25.3 Å². The second-order valence-electron chi connectivity index (χ2n) is 7.86. The summed E-state index contributed by atoms with van der Waals surface area (Å²) in [7, 11) is 0. The molecule has 2 aliphatic rings. The molecule has 2 atom stereocenters. The summed E-state index contributed by atoms with van der Waals surface area (Å²) in [5, 5.41) is 3.83. The van der Waals surface area contributed by atoms with E-state index in [0.29, 0.717) is 28.3 Å². The van der Waals surface area contributed by atoms with Crippen molar-refractivity contribution in [2.45, 2.75) is 37.6 Å². The molecule has 2 aromatic carbocycles. The number of amides is 1. The zero-order valence-electron chi connectivity index (χ0n) is 15.8. The Kier molecular flexibility index (Phi) is 4.79. The summed E-state index contributed by atoms with van der Waals surface area (Å²) >= 11 is 6.18. The summed E-state index contributed by atoms with van der Waals surface area (Å²) in [4.78, 5) is 26.4. The van der Waals surface area contributed by atoms with Gasteiger partial charge in [0.1, 0.15) is 0 Å². The molecule has 1 fully saturated rings. The Morgan fingerprint density at radius 1 is 1.29 bits per heavy atom. The fraction of sp³-hybridized carbons (Fsp3) is 0.364. The predicted octanol–water partition coefficient (Wildman–Crippen LogP) is 3.70. The molecule has 2 heterocycles. The lowest BCUT2D eigenvalue weighted by Crippen LogP contribution is -2.44. The van der Waals surface area contributed by atoms with Crippen LogP contribution >= 0.6 is 11.6 Å². The van der Waals surface area contributed by atoms with Gasteiger partial charge in [-0.1, -0.05) is 23.7 Å². The van der Waals surface area contributed by atoms with Crippen molar-refractivity contribution in [2.24, 2.45) is 5.73 Å². The van der Waals surface area contributed by atoms with E-state index in [2.05, 4.69) is 22.3 Å². The van der Waals surface area contributed by atoms with Gasteiger partial charge in [0.05, 0.1) is 22.7 Å². The molecular weight excluding hydrogens is 374 g/mol. The van der Waals surface area contributed by atoms with Crippen LogP contribution in [-0.2, 0) is 15.0 Å². The average molecular weight is 397 g/mol. The quantitative estimate of drug-likeness (QED) is 0.826. The van der Waals surface area contributed by atoms with E-state index in [1.54, 1.807) is 12.1 Å². The number of halogens is 1. The molecule has 3 N–H and O–H groups in total. The number of carbonyl (C=O) groups excluding carboxylic acids is 2. The molecule has 1 saturated heterocycles. The van der Waals surface area contributed by atoms with Gasteiger partial charge in [-0.25, -0.2) is 0 Å². The summed E-state index contributed by atoms with van der Waals surface area (Å²) in [5.74, 6) is -0.435. The number of primary amides is 1. The van der Waals surface area contributed by atoms with Gasteiger partial charge < -0.3 is 16.0 Å². The van der Waals surface area contributed by atoms with Crippen LogP contribution in [0.5, 0.6) is 0 Å². The van der Waals surface area contributed by atoms with Crippen molar-refractivity contribution in [2.75, 3.05) is 23.3 Å². The van der Waals surface area contributed by atoms with E-state index in [0.717, 1.165) is 18.7 Å². The Morgan fingerprint density at radius 3 is 2.71 bits per heavy atom.